The number of benzene rings is 3. The van der Waals surface area contributed by atoms with Gasteiger partial charge in [-0.15, -0.1) is 0 Å². The van der Waals surface area contributed by atoms with Crippen molar-refractivity contribution in [2.45, 2.75) is 25.3 Å². The highest BCUT2D eigenvalue weighted by Crippen LogP contribution is 2.35. The summed E-state index contributed by atoms with van der Waals surface area (Å²) in [6, 6.07) is 17.8. The zero-order valence-electron chi connectivity index (χ0n) is 19.7. The fourth-order valence-electron chi connectivity index (χ4n) is 3.41. The fourth-order valence-corrected chi connectivity index (χ4v) is 5.78. The fraction of sp³-hybridized carbons (Fsp3) is 0.115. The molecule has 190 valence electrons. The number of rotatable bonds is 7. The molecule has 0 aliphatic carbocycles. The van der Waals surface area contributed by atoms with Crippen LogP contribution in [0.5, 0.6) is 5.75 Å². The smallest absolute Gasteiger partial charge is 0.339 e. The maximum Gasteiger partial charge on any atom is 0.339 e. The van der Waals surface area contributed by atoms with Crippen LogP contribution in [-0.2, 0) is 26.3 Å². The molecule has 37 heavy (non-hydrogen) atoms. The highest BCUT2D eigenvalue weighted by molar-refractivity contribution is 9.10. The first kappa shape index (κ1) is 26.6. The lowest BCUT2D eigenvalue weighted by atomic mass is 10.1. The first-order chi connectivity index (χ1) is 17.5. The van der Waals surface area contributed by atoms with E-state index in [9.17, 15) is 22.8 Å². The summed E-state index contributed by atoms with van der Waals surface area (Å²) >= 11 is 4.17. The van der Waals surface area contributed by atoms with E-state index in [2.05, 4.69) is 21.2 Å². The van der Waals surface area contributed by atoms with Crippen molar-refractivity contribution in [2.24, 2.45) is 0 Å². The van der Waals surface area contributed by atoms with Gasteiger partial charge in [0.2, 0.25) is 5.91 Å². The van der Waals surface area contributed by atoms with E-state index in [1.54, 1.807) is 18.2 Å². The molecule has 1 aliphatic rings. The van der Waals surface area contributed by atoms with Gasteiger partial charge in [0.15, 0.2) is 5.75 Å². The molecule has 3 aromatic rings. The standard InChI is InChI=1S/C26H21BrN2O6S2/c1-16-3-5-18(6-4-16)15-29-25(31)24(36-26(29)32)14-19-7-12-23(22(27)13-19)35-37(33,34)21-10-8-20(9-11-21)28-17(2)30/h3-14H,15H2,1-2H3,(H,28,30)/b24-14-. The van der Waals surface area contributed by atoms with Crippen molar-refractivity contribution in [3.05, 3.63) is 92.8 Å². The summed E-state index contributed by atoms with van der Waals surface area (Å²) in [4.78, 5) is 37.8. The lowest BCUT2D eigenvalue weighted by Crippen LogP contribution is -2.27. The molecule has 0 aromatic heterocycles. The predicted octanol–water partition coefficient (Wildman–Crippen LogP) is 5.72. The normalized spacial score (nSPS) is 14.8. The van der Waals surface area contributed by atoms with Crippen LogP contribution in [0.25, 0.3) is 6.08 Å². The van der Waals surface area contributed by atoms with Crippen LogP contribution in [0, 0.1) is 6.92 Å². The SMILES string of the molecule is CC(=O)Nc1ccc(S(=O)(=O)Oc2ccc(/C=C3\SC(=O)N(Cc4ccc(C)cc4)C3=O)cc2Br)cc1. The van der Waals surface area contributed by atoms with E-state index in [-0.39, 0.29) is 33.2 Å². The molecule has 4 rings (SSSR count). The number of imide groups is 1. The topological polar surface area (TPSA) is 110 Å². The minimum atomic E-state index is -4.14. The number of carbonyl (C=O) groups is 3. The van der Waals surface area contributed by atoms with Gasteiger partial charge in [0, 0.05) is 12.6 Å². The molecule has 0 bridgehead atoms. The number of halogens is 1. The van der Waals surface area contributed by atoms with E-state index in [1.165, 1.54) is 42.2 Å². The number of nitrogens with zero attached hydrogens (tertiary/aromatic N) is 1. The van der Waals surface area contributed by atoms with E-state index in [0.29, 0.717) is 15.7 Å². The van der Waals surface area contributed by atoms with Gasteiger partial charge in [0.25, 0.3) is 11.1 Å². The zero-order valence-corrected chi connectivity index (χ0v) is 22.9. The highest BCUT2D eigenvalue weighted by atomic mass is 79.9. The number of thioether (sulfide) groups is 1. The Labute approximate surface area is 227 Å². The van der Waals surface area contributed by atoms with Gasteiger partial charge in [-0.1, -0.05) is 35.9 Å². The number of hydrogen-bond acceptors (Lipinski definition) is 7. The number of nitrogens with one attached hydrogen (secondary N) is 1. The first-order valence-corrected chi connectivity index (χ1v) is 14.0. The van der Waals surface area contributed by atoms with Crippen molar-refractivity contribution in [3.8, 4) is 5.75 Å². The summed E-state index contributed by atoms with van der Waals surface area (Å²) < 4.78 is 31.0. The molecule has 0 atom stereocenters. The summed E-state index contributed by atoms with van der Waals surface area (Å²) in [5.41, 5.74) is 2.98. The molecule has 1 fully saturated rings. The quantitative estimate of drug-likeness (QED) is 0.273. The lowest BCUT2D eigenvalue weighted by molar-refractivity contribution is -0.123. The molecule has 1 heterocycles. The largest absolute Gasteiger partial charge is 0.378 e. The highest BCUT2D eigenvalue weighted by Gasteiger charge is 2.35. The van der Waals surface area contributed by atoms with E-state index in [4.69, 9.17) is 4.18 Å². The van der Waals surface area contributed by atoms with E-state index in [1.807, 2.05) is 31.2 Å². The van der Waals surface area contributed by atoms with Crippen LogP contribution in [0.1, 0.15) is 23.6 Å². The van der Waals surface area contributed by atoms with Gasteiger partial charge in [0.05, 0.1) is 15.9 Å². The van der Waals surface area contributed by atoms with E-state index >= 15 is 0 Å². The molecule has 0 saturated carbocycles. The zero-order chi connectivity index (χ0) is 26.7. The van der Waals surface area contributed by atoms with Gasteiger partial charge in [0.1, 0.15) is 4.90 Å². The average molecular weight is 602 g/mol. The summed E-state index contributed by atoms with van der Waals surface area (Å²) in [5, 5.41) is 2.21. The second-order valence-electron chi connectivity index (χ2n) is 8.19. The van der Waals surface area contributed by atoms with Crippen LogP contribution >= 0.6 is 27.7 Å². The molecule has 8 nitrogen and oxygen atoms in total. The monoisotopic (exact) mass is 600 g/mol. The van der Waals surface area contributed by atoms with Gasteiger partial charge in [-0.2, -0.15) is 8.42 Å². The Kier molecular flexibility index (Phi) is 7.86. The molecule has 0 radical (unpaired) electrons. The third-order valence-corrected chi connectivity index (χ3v) is 8.03. The van der Waals surface area contributed by atoms with Crippen molar-refractivity contribution < 1.29 is 27.0 Å². The van der Waals surface area contributed by atoms with Crippen molar-refractivity contribution in [1.29, 1.82) is 0 Å². The van der Waals surface area contributed by atoms with Crippen LogP contribution in [0.3, 0.4) is 0 Å². The summed E-state index contributed by atoms with van der Waals surface area (Å²) in [7, 11) is -4.14. The average Bonchev–Trinajstić information content (AvgIpc) is 3.09. The minimum Gasteiger partial charge on any atom is -0.378 e. The Morgan fingerprint density at radius 1 is 1.05 bits per heavy atom. The molecule has 11 heteroatoms. The number of aryl methyl sites for hydroxylation is 1. The number of amides is 3. The van der Waals surface area contributed by atoms with Crippen molar-refractivity contribution in [1.82, 2.24) is 4.90 Å². The van der Waals surface area contributed by atoms with Crippen LogP contribution in [0.15, 0.2) is 81.0 Å². The Bertz CT molecular complexity index is 1520. The molecule has 3 amide bonds. The Morgan fingerprint density at radius 2 is 1.73 bits per heavy atom. The van der Waals surface area contributed by atoms with Crippen LogP contribution in [0.4, 0.5) is 10.5 Å². The van der Waals surface area contributed by atoms with E-state index < -0.39 is 16.0 Å². The van der Waals surface area contributed by atoms with Crippen molar-refractivity contribution in [3.63, 3.8) is 0 Å². The molecule has 0 unspecified atom stereocenters. The van der Waals surface area contributed by atoms with Gasteiger partial charge in [-0.05, 0) is 88.2 Å². The maximum atomic E-state index is 12.8. The van der Waals surface area contributed by atoms with Crippen LogP contribution in [-0.4, -0.2) is 30.4 Å². The number of anilines is 1. The minimum absolute atomic E-state index is 0.0514. The third-order valence-electron chi connectivity index (χ3n) is 5.25. The van der Waals surface area contributed by atoms with Crippen LogP contribution in [0.2, 0.25) is 0 Å². The molecule has 1 aliphatic heterocycles. The second kappa shape index (κ2) is 10.9. The Balaban J connectivity index is 1.48. The summed E-state index contributed by atoms with van der Waals surface area (Å²) in [6.07, 6.45) is 1.57. The predicted molar refractivity (Wildman–Crippen MR) is 145 cm³/mol. The lowest BCUT2D eigenvalue weighted by Gasteiger charge is -2.12. The third kappa shape index (κ3) is 6.48. The molecule has 1 N–H and O–H groups in total. The van der Waals surface area contributed by atoms with Gasteiger partial charge in [-0.3, -0.25) is 19.3 Å². The molecule has 3 aromatic carbocycles. The van der Waals surface area contributed by atoms with Gasteiger partial charge in [-0.25, -0.2) is 0 Å². The van der Waals surface area contributed by atoms with Gasteiger partial charge >= 0.3 is 10.1 Å². The second-order valence-corrected chi connectivity index (χ2v) is 11.6. The molecule has 0 spiro atoms. The molecule has 1 saturated heterocycles. The van der Waals surface area contributed by atoms with Gasteiger partial charge < -0.3 is 9.50 Å². The molecular formula is C26H21BrN2O6S2. The maximum absolute atomic E-state index is 12.8. The van der Waals surface area contributed by atoms with Crippen LogP contribution < -0.4 is 9.50 Å². The molecular weight excluding hydrogens is 580 g/mol. The van der Waals surface area contributed by atoms with Crippen molar-refractivity contribution in [2.75, 3.05) is 5.32 Å². The summed E-state index contributed by atoms with van der Waals surface area (Å²) in [5.74, 6) is -0.611. The Morgan fingerprint density at radius 3 is 2.35 bits per heavy atom. The number of carbonyl (C=O) groups excluding carboxylic acids is 3. The summed E-state index contributed by atoms with van der Waals surface area (Å²) in [6.45, 7) is 3.50. The Hall–Kier alpha value is -3.41. The van der Waals surface area contributed by atoms with Crippen molar-refractivity contribution >= 4 is 66.6 Å². The number of hydrogen-bond donors (Lipinski definition) is 1. The first-order valence-electron chi connectivity index (χ1n) is 10.9. The van der Waals surface area contributed by atoms with E-state index in [0.717, 1.165) is 22.9 Å².